The monoisotopic (exact) mass is 350 g/mol. The van der Waals surface area contributed by atoms with Gasteiger partial charge in [0.2, 0.25) is 0 Å². The number of aromatic carboxylic acids is 1. The molecule has 106 valence electrons. The van der Waals surface area contributed by atoms with Crippen molar-refractivity contribution in [2.45, 2.75) is 0 Å². The standard InChI is InChI=1S/C14H8BrFN2O3/c15-9-5-4-8(16)7-10(9)21-13-12(14(19)20)18-6-2-1-3-11(18)17-13/h1-7H,(H,19,20). The molecule has 0 bridgehead atoms. The van der Waals surface area contributed by atoms with Gasteiger partial charge in [-0.05, 0) is 40.2 Å². The van der Waals surface area contributed by atoms with Crippen LogP contribution in [0, 0.1) is 5.82 Å². The molecule has 0 spiro atoms. The highest BCUT2D eigenvalue weighted by atomic mass is 79.9. The van der Waals surface area contributed by atoms with Crippen molar-refractivity contribution in [2.24, 2.45) is 0 Å². The predicted octanol–water partition coefficient (Wildman–Crippen LogP) is 3.73. The van der Waals surface area contributed by atoms with Gasteiger partial charge in [0.25, 0.3) is 5.88 Å². The Morgan fingerprint density at radius 3 is 2.90 bits per heavy atom. The summed E-state index contributed by atoms with van der Waals surface area (Å²) in [5.41, 5.74) is 0.305. The summed E-state index contributed by atoms with van der Waals surface area (Å²) in [5.74, 6) is -1.62. The average Bonchev–Trinajstić information content (AvgIpc) is 2.80. The Kier molecular flexibility index (Phi) is 3.34. The molecule has 3 aromatic rings. The summed E-state index contributed by atoms with van der Waals surface area (Å²) < 4.78 is 20.6. The van der Waals surface area contributed by atoms with Gasteiger partial charge in [0.05, 0.1) is 4.47 Å². The van der Waals surface area contributed by atoms with Crippen molar-refractivity contribution in [1.82, 2.24) is 9.38 Å². The van der Waals surface area contributed by atoms with Gasteiger partial charge in [-0.1, -0.05) is 6.07 Å². The maximum absolute atomic E-state index is 13.3. The molecule has 0 saturated carbocycles. The number of rotatable bonds is 3. The molecule has 2 heterocycles. The van der Waals surface area contributed by atoms with Gasteiger partial charge in [-0.3, -0.25) is 4.40 Å². The molecule has 0 aliphatic carbocycles. The molecule has 0 saturated heterocycles. The number of hydrogen-bond acceptors (Lipinski definition) is 3. The van der Waals surface area contributed by atoms with Crippen LogP contribution in [0.4, 0.5) is 4.39 Å². The summed E-state index contributed by atoms with van der Waals surface area (Å²) in [4.78, 5) is 15.5. The summed E-state index contributed by atoms with van der Waals surface area (Å²) in [6.07, 6.45) is 1.57. The van der Waals surface area contributed by atoms with E-state index in [9.17, 15) is 14.3 Å². The van der Waals surface area contributed by atoms with E-state index in [0.29, 0.717) is 10.1 Å². The molecule has 1 aromatic carbocycles. The molecule has 0 aliphatic heterocycles. The third kappa shape index (κ3) is 2.47. The number of carboxylic acid groups (broad SMARTS) is 1. The number of hydrogen-bond donors (Lipinski definition) is 1. The van der Waals surface area contributed by atoms with Gasteiger partial charge in [-0.25, -0.2) is 9.18 Å². The van der Waals surface area contributed by atoms with E-state index in [2.05, 4.69) is 20.9 Å². The average molecular weight is 351 g/mol. The molecule has 2 aromatic heterocycles. The lowest BCUT2D eigenvalue weighted by Crippen LogP contribution is -2.03. The molecule has 0 aliphatic rings. The largest absolute Gasteiger partial charge is 0.476 e. The number of pyridine rings is 1. The van der Waals surface area contributed by atoms with Gasteiger partial charge in [-0.15, -0.1) is 0 Å². The normalized spacial score (nSPS) is 10.8. The van der Waals surface area contributed by atoms with Crippen LogP contribution in [0.2, 0.25) is 0 Å². The number of nitrogens with zero attached hydrogens (tertiary/aromatic N) is 2. The zero-order valence-electron chi connectivity index (χ0n) is 10.5. The number of benzene rings is 1. The van der Waals surface area contributed by atoms with E-state index in [1.54, 1.807) is 24.4 Å². The highest BCUT2D eigenvalue weighted by Gasteiger charge is 2.21. The number of carboxylic acids is 1. The summed E-state index contributed by atoms with van der Waals surface area (Å²) in [6, 6.07) is 8.96. The van der Waals surface area contributed by atoms with Crippen LogP contribution in [0.5, 0.6) is 11.6 Å². The summed E-state index contributed by atoms with van der Waals surface area (Å²) in [6.45, 7) is 0. The number of fused-ring (bicyclic) bond motifs is 1. The fourth-order valence-corrected chi connectivity index (χ4v) is 2.23. The second-order valence-corrected chi connectivity index (χ2v) is 5.03. The van der Waals surface area contributed by atoms with Crippen LogP contribution < -0.4 is 4.74 Å². The van der Waals surface area contributed by atoms with E-state index in [1.807, 2.05) is 0 Å². The summed E-state index contributed by atoms with van der Waals surface area (Å²) in [5, 5.41) is 9.33. The first-order valence-electron chi connectivity index (χ1n) is 5.89. The number of aromatic nitrogens is 2. The maximum atomic E-state index is 13.3. The Labute approximate surface area is 126 Å². The van der Waals surface area contributed by atoms with Gasteiger partial charge >= 0.3 is 5.97 Å². The van der Waals surface area contributed by atoms with Crippen molar-refractivity contribution in [1.29, 1.82) is 0 Å². The number of halogens is 2. The quantitative estimate of drug-likeness (QED) is 0.781. The third-order valence-electron chi connectivity index (χ3n) is 2.80. The molecule has 0 fully saturated rings. The summed E-state index contributed by atoms with van der Waals surface area (Å²) >= 11 is 3.22. The fraction of sp³-hybridized carbons (Fsp3) is 0. The van der Waals surface area contributed by atoms with Crippen molar-refractivity contribution in [3.05, 3.63) is 58.6 Å². The smallest absolute Gasteiger partial charge is 0.358 e. The molecular weight excluding hydrogens is 343 g/mol. The Morgan fingerprint density at radius 1 is 1.33 bits per heavy atom. The van der Waals surface area contributed by atoms with Crippen LogP contribution >= 0.6 is 15.9 Å². The lowest BCUT2D eigenvalue weighted by atomic mass is 10.3. The van der Waals surface area contributed by atoms with Crippen molar-refractivity contribution in [2.75, 3.05) is 0 Å². The second kappa shape index (κ2) is 5.17. The van der Waals surface area contributed by atoms with Crippen LogP contribution in [0.25, 0.3) is 5.65 Å². The first kappa shape index (κ1) is 13.6. The van der Waals surface area contributed by atoms with Crippen LogP contribution in [0.1, 0.15) is 10.5 Å². The Bertz CT molecular complexity index is 847. The van der Waals surface area contributed by atoms with Crippen molar-refractivity contribution >= 4 is 27.5 Å². The number of imidazole rings is 1. The molecule has 0 unspecified atom stereocenters. The van der Waals surface area contributed by atoms with Gasteiger partial charge in [-0.2, -0.15) is 4.98 Å². The Balaban J connectivity index is 2.14. The molecule has 5 nitrogen and oxygen atoms in total. The Morgan fingerprint density at radius 2 is 2.14 bits per heavy atom. The van der Waals surface area contributed by atoms with Crippen LogP contribution in [0.15, 0.2) is 47.1 Å². The van der Waals surface area contributed by atoms with Gasteiger partial charge in [0, 0.05) is 12.3 Å². The SMILES string of the molecule is O=C(O)c1c(Oc2cc(F)ccc2Br)nc2ccccn12. The van der Waals surface area contributed by atoms with Gasteiger partial charge in [0.1, 0.15) is 17.2 Å². The highest BCUT2D eigenvalue weighted by molar-refractivity contribution is 9.10. The van der Waals surface area contributed by atoms with Crippen molar-refractivity contribution in [3.63, 3.8) is 0 Å². The van der Waals surface area contributed by atoms with E-state index < -0.39 is 11.8 Å². The van der Waals surface area contributed by atoms with Crippen LogP contribution in [-0.2, 0) is 0 Å². The fourth-order valence-electron chi connectivity index (χ4n) is 1.90. The second-order valence-electron chi connectivity index (χ2n) is 4.18. The van der Waals surface area contributed by atoms with E-state index in [1.165, 1.54) is 16.5 Å². The minimum Gasteiger partial charge on any atom is -0.476 e. The molecule has 0 atom stereocenters. The number of ether oxygens (including phenoxy) is 1. The lowest BCUT2D eigenvalue weighted by Gasteiger charge is -2.06. The topological polar surface area (TPSA) is 63.8 Å². The van der Waals surface area contributed by atoms with E-state index in [0.717, 1.165) is 6.07 Å². The van der Waals surface area contributed by atoms with Crippen LogP contribution in [-0.4, -0.2) is 20.5 Å². The number of carbonyl (C=O) groups is 1. The first-order chi connectivity index (χ1) is 10.1. The highest BCUT2D eigenvalue weighted by Crippen LogP contribution is 2.32. The van der Waals surface area contributed by atoms with E-state index in [-0.39, 0.29) is 17.3 Å². The molecule has 0 radical (unpaired) electrons. The molecule has 0 amide bonds. The molecule has 21 heavy (non-hydrogen) atoms. The van der Waals surface area contributed by atoms with Crippen molar-refractivity contribution in [3.8, 4) is 11.6 Å². The minimum atomic E-state index is -1.18. The zero-order chi connectivity index (χ0) is 15.0. The molecule has 7 heteroatoms. The molecular formula is C14H8BrFN2O3. The molecule has 3 rings (SSSR count). The lowest BCUT2D eigenvalue weighted by molar-refractivity contribution is 0.0686. The van der Waals surface area contributed by atoms with Crippen molar-refractivity contribution < 1.29 is 19.0 Å². The minimum absolute atomic E-state index is 0.0972. The predicted molar refractivity (Wildman–Crippen MR) is 76.3 cm³/mol. The van der Waals surface area contributed by atoms with Gasteiger partial charge < -0.3 is 9.84 Å². The van der Waals surface area contributed by atoms with E-state index in [4.69, 9.17) is 4.74 Å². The third-order valence-corrected chi connectivity index (χ3v) is 3.46. The zero-order valence-corrected chi connectivity index (χ0v) is 12.0. The molecule has 1 N–H and O–H groups in total. The van der Waals surface area contributed by atoms with Crippen LogP contribution in [0.3, 0.4) is 0 Å². The van der Waals surface area contributed by atoms with Gasteiger partial charge in [0.15, 0.2) is 5.69 Å². The van der Waals surface area contributed by atoms with E-state index >= 15 is 0 Å². The Hall–Kier alpha value is -2.41. The first-order valence-corrected chi connectivity index (χ1v) is 6.69. The maximum Gasteiger partial charge on any atom is 0.358 e. The summed E-state index contributed by atoms with van der Waals surface area (Å²) in [7, 11) is 0.